The van der Waals surface area contributed by atoms with Gasteiger partial charge < -0.3 is 15.0 Å². The highest BCUT2D eigenvalue weighted by Crippen LogP contribution is 2.44. The molecular formula is C24H34N2O. The van der Waals surface area contributed by atoms with E-state index in [-0.39, 0.29) is 5.41 Å². The van der Waals surface area contributed by atoms with E-state index in [2.05, 4.69) is 73.6 Å². The molecule has 1 heterocycles. The van der Waals surface area contributed by atoms with Gasteiger partial charge in [-0.1, -0.05) is 49.4 Å². The van der Waals surface area contributed by atoms with Crippen molar-refractivity contribution in [3.05, 3.63) is 65.7 Å². The van der Waals surface area contributed by atoms with E-state index in [1.807, 2.05) is 12.1 Å². The quantitative estimate of drug-likeness (QED) is 0.732. The van der Waals surface area contributed by atoms with Crippen LogP contribution in [0.2, 0.25) is 0 Å². The smallest absolute Gasteiger partial charge is 0.118 e. The number of rotatable bonds is 7. The summed E-state index contributed by atoms with van der Waals surface area (Å²) < 4.78 is 5.24. The van der Waals surface area contributed by atoms with Crippen molar-refractivity contribution in [2.24, 2.45) is 5.92 Å². The maximum Gasteiger partial charge on any atom is 0.118 e. The highest BCUT2D eigenvalue weighted by Gasteiger charge is 2.43. The van der Waals surface area contributed by atoms with E-state index in [9.17, 15) is 0 Å². The number of likely N-dealkylation sites (tertiary alicyclic amines) is 1. The van der Waals surface area contributed by atoms with Crippen molar-refractivity contribution < 1.29 is 4.74 Å². The van der Waals surface area contributed by atoms with Gasteiger partial charge in [0.05, 0.1) is 7.11 Å². The molecule has 0 bridgehead atoms. The fourth-order valence-corrected chi connectivity index (χ4v) is 4.62. The van der Waals surface area contributed by atoms with Gasteiger partial charge in [0.15, 0.2) is 0 Å². The minimum Gasteiger partial charge on any atom is -0.497 e. The Hall–Kier alpha value is -1.84. The van der Waals surface area contributed by atoms with Crippen LogP contribution < -0.4 is 10.1 Å². The molecule has 2 aromatic carbocycles. The van der Waals surface area contributed by atoms with Crippen LogP contribution in [0.5, 0.6) is 5.75 Å². The molecule has 3 rings (SSSR count). The topological polar surface area (TPSA) is 24.5 Å². The van der Waals surface area contributed by atoms with Crippen LogP contribution in [-0.2, 0) is 12.0 Å². The van der Waals surface area contributed by atoms with Crippen molar-refractivity contribution >= 4 is 0 Å². The lowest BCUT2D eigenvalue weighted by atomic mass is 9.63. The van der Waals surface area contributed by atoms with E-state index >= 15 is 0 Å². The number of piperidine rings is 1. The van der Waals surface area contributed by atoms with Crippen molar-refractivity contribution in [2.45, 2.75) is 44.7 Å². The Morgan fingerprint density at radius 3 is 2.44 bits per heavy atom. The van der Waals surface area contributed by atoms with Crippen molar-refractivity contribution in [3.8, 4) is 5.75 Å². The summed E-state index contributed by atoms with van der Waals surface area (Å²) in [6, 6.07) is 20.1. The Balaban J connectivity index is 1.67. The summed E-state index contributed by atoms with van der Waals surface area (Å²) in [6.45, 7) is 7.89. The van der Waals surface area contributed by atoms with Crippen molar-refractivity contribution in [1.29, 1.82) is 0 Å². The number of hydrogen-bond donors (Lipinski definition) is 1. The van der Waals surface area contributed by atoms with E-state index in [1.165, 1.54) is 24.0 Å². The van der Waals surface area contributed by atoms with Gasteiger partial charge >= 0.3 is 0 Å². The number of hydrogen-bond acceptors (Lipinski definition) is 3. The lowest BCUT2D eigenvalue weighted by Crippen LogP contribution is -2.52. The molecule has 3 nitrogen and oxygen atoms in total. The molecular weight excluding hydrogens is 332 g/mol. The third-order valence-electron chi connectivity index (χ3n) is 6.50. The van der Waals surface area contributed by atoms with Crippen LogP contribution in [0.15, 0.2) is 54.6 Å². The minimum absolute atomic E-state index is 0.250. The molecule has 2 aromatic rings. The number of nitrogens with zero attached hydrogens (tertiary/aromatic N) is 1. The van der Waals surface area contributed by atoms with Crippen molar-refractivity contribution in [1.82, 2.24) is 10.2 Å². The van der Waals surface area contributed by atoms with Crippen LogP contribution in [0.1, 0.15) is 37.8 Å². The Morgan fingerprint density at radius 1 is 1.07 bits per heavy atom. The van der Waals surface area contributed by atoms with Crippen LogP contribution in [0.3, 0.4) is 0 Å². The maximum absolute atomic E-state index is 5.24. The molecule has 1 fully saturated rings. The van der Waals surface area contributed by atoms with Gasteiger partial charge in [0.1, 0.15) is 5.75 Å². The summed E-state index contributed by atoms with van der Waals surface area (Å²) in [5, 5.41) is 3.67. The summed E-state index contributed by atoms with van der Waals surface area (Å²) >= 11 is 0. The zero-order valence-electron chi connectivity index (χ0n) is 17.2. The lowest BCUT2D eigenvalue weighted by molar-refractivity contribution is 0.0689. The van der Waals surface area contributed by atoms with E-state index < -0.39 is 0 Å². The average molecular weight is 367 g/mol. The number of nitrogens with one attached hydrogen (secondary N) is 1. The van der Waals surface area contributed by atoms with Crippen LogP contribution >= 0.6 is 0 Å². The third-order valence-corrected chi connectivity index (χ3v) is 6.50. The number of benzene rings is 2. The van der Waals surface area contributed by atoms with Gasteiger partial charge in [-0.2, -0.15) is 0 Å². The first-order valence-electron chi connectivity index (χ1n) is 10.1. The van der Waals surface area contributed by atoms with Crippen LogP contribution in [0, 0.1) is 5.92 Å². The summed E-state index contributed by atoms with van der Waals surface area (Å²) in [5.74, 6) is 1.56. The summed E-state index contributed by atoms with van der Waals surface area (Å²) in [7, 11) is 3.97. The second-order valence-corrected chi connectivity index (χ2v) is 8.19. The molecule has 1 N–H and O–H groups in total. The predicted octanol–water partition coefficient (Wildman–Crippen LogP) is 4.47. The van der Waals surface area contributed by atoms with Gasteiger partial charge in [0.2, 0.25) is 0 Å². The first-order chi connectivity index (χ1) is 13.0. The zero-order valence-corrected chi connectivity index (χ0v) is 17.2. The maximum atomic E-state index is 5.24. The Morgan fingerprint density at radius 2 is 1.78 bits per heavy atom. The van der Waals surface area contributed by atoms with Gasteiger partial charge in [0, 0.05) is 24.5 Å². The predicted molar refractivity (Wildman–Crippen MR) is 113 cm³/mol. The second-order valence-electron chi connectivity index (χ2n) is 8.19. The highest BCUT2D eigenvalue weighted by atomic mass is 16.5. The largest absolute Gasteiger partial charge is 0.497 e. The van der Waals surface area contributed by atoms with Crippen molar-refractivity contribution in [3.63, 3.8) is 0 Å². The van der Waals surface area contributed by atoms with Crippen LogP contribution in [0.4, 0.5) is 0 Å². The number of methoxy groups -OCH3 is 1. The molecule has 0 amide bonds. The molecule has 0 spiro atoms. The van der Waals surface area contributed by atoms with E-state index in [0.29, 0.717) is 12.0 Å². The minimum atomic E-state index is 0.250. The molecule has 1 aliphatic rings. The molecule has 1 aliphatic heterocycles. The summed E-state index contributed by atoms with van der Waals surface area (Å²) in [5.41, 5.74) is 3.05. The normalized spacial score (nSPS) is 26.1. The SMILES string of the molecule is COc1ccc(CNCC[C@@]2(c3ccccc3)C[C@H](C)N(C)C[C@H]2C)cc1. The van der Waals surface area contributed by atoms with E-state index in [0.717, 1.165) is 25.4 Å². The van der Waals surface area contributed by atoms with Gasteiger partial charge in [-0.3, -0.25) is 0 Å². The first kappa shape index (κ1) is 19.9. The average Bonchev–Trinajstić information content (AvgIpc) is 2.70. The fourth-order valence-electron chi connectivity index (χ4n) is 4.62. The van der Waals surface area contributed by atoms with Gasteiger partial charge in [0.25, 0.3) is 0 Å². The standard InChI is InChI=1S/C24H34N2O/c1-19-18-26(3)20(2)16-24(19,22-8-6-5-7-9-22)14-15-25-17-21-10-12-23(27-4)13-11-21/h5-13,19-20,25H,14-18H2,1-4H3/t19-,20+,24-/m1/s1. The van der Waals surface area contributed by atoms with E-state index in [1.54, 1.807) is 7.11 Å². The lowest BCUT2D eigenvalue weighted by Gasteiger charge is -2.50. The summed E-state index contributed by atoms with van der Waals surface area (Å²) in [6.07, 6.45) is 2.39. The number of ether oxygens (including phenoxy) is 1. The van der Waals surface area contributed by atoms with Gasteiger partial charge in [-0.25, -0.2) is 0 Å². The Labute approximate surface area is 164 Å². The highest BCUT2D eigenvalue weighted by molar-refractivity contribution is 5.29. The molecule has 3 atom stereocenters. The third kappa shape index (κ3) is 4.53. The monoisotopic (exact) mass is 366 g/mol. The van der Waals surface area contributed by atoms with Gasteiger partial charge in [-0.05, 0) is 62.5 Å². The molecule has 27 heavy (non-hydrogen) atoms. The molecule has 0 radical (unpaired) electrons. The Bertz CT molecular complexity index is 700. The molecule has 1 saturated heterocycles. The van der Waals surface area contributed by atoms with Gasteiger partial charge in [-0.15, -0.1) is 0 Å². The molecule has 0 aliphatic carbocycles. The van der Waals surface area contributed by atoms with Crippen LogP contribution in [0.25, 0.3) is 0 Å². The molecule has 3 heteroatoms. The summed E-state index contributed by atoms with van der Waals surface area (Å²) in [4.78, 5) is 2.51. The van der Waals surface area contributed by atoms with E-state index in [4.69, 9.17) is 4.74 Å². The molecule has 0 aromatic heterocycles. The fraction of sp³-hybridized carbons (Fsp3) is 0.500. The molecule has 146 valence electrons. The molecule has 0 saturated carbocycles. The Kier molecular flexibility index (Phi) is 6.56. The van der Waals surface area contributed by atoms with Crippen LogP contribution in [-0.4, -0.2) is 38.2 Å². The first-order valence-corrected chi connectivity index (χ1v) is 10.1. The zero-order chi connectivity index (χ0) is 19.3. The van der Waals surface area contributed by atoms with Crippen molar-refractivity contribution in [2.75, 3.05) is 27.2 Å². The second kappa shape index (κ2) is 8.90. The molecule has 0 unspecified atom stereocenters.